The van der Waals surface area contributed by atoms with Gasteiger partial charge >= 0.3 is 0 Å². The molecule has 1 rings (SSSR count). The molecule has 0 bridgehead atoms. The summed E-state index contributed by atoms with van der Waals surface area (Å²) in [5, 5.41) is 3.85. The molecule has 1 N–H and O–H groups in total. The second-order valence-corrected chi connectivity index (χ2v) is 6.89. The molecule has 0 aliphatic heterocycles. The summed E-state index contributed by atoms with van der Waals surface area (Å²) in [6.07, 6.45) is 18.1. The molecule has 0 aromatic carbocycles. The van der Waals surface area contributed by atoms with Crippen LogP contribution in [-0.2, 0) is 0 Å². The Kier molecular flexibility index (Phi) is 10.1. The highest BCUT2D eigenvalue weighted by Gasteiger charge is 2.11. The molecule has 1 aliphatic rings. The molecule has 18 heavy (non-hydrogen) atoms. The van der Waals surface area contributed by atoms with Crippen LogP contribution in [0.15, 0.2) is 0 Å². The van der Waals surface area contributed by atoms with E-state index < -0.39 is 0 Å². The fraction of sp³-hybridized carbons (Fsp3) is 1.00. The Morgan fingerprint density at radius 3 is 1.78 bits per heavy atom. The van der Waals surface area contributed by atoms with Gasteiger partial charge in [0.2, 0.25) is 0 Å². The van der Waals surface area contributed by atoms with E-state index in [1.807, 2.05) is 11.8 Å². The molecular weight excluding hydrogens is 238 g/mol. The van der Waals surface area contributed by atoms with E-state index in [4.69, 9.17) is 0 Å². The van der Waals surface area contributed by atoms with Crippen molar-refractivity contribution in [2.45, 2.75) is 89.6 Å². The van der Waals surface area contributed by atoms with Gasteiger partial charge in [0.05, 0.1) is 0 Å². The van der Waals surface area contributed by atoms with Crippen LogP contribution < -0.4 is 5.32 Å². The molecule has 2 heteroatoms. The van der Waals surface area contributed by atoms with E-state index in [1.165, 1.54) is 76.4 Å². The van der Waals surface area contributed by atoms with Crippen LogP contribution in [0.1, 0.15) is 77.6 Å². The van der Waals surface area contributed by atoms with Gasteiger partial charge in [-0.3, -0.25) is 0 Å². The highest BCUT2D eigenvalue weighted by molar-refractivity contribution is 7.98. The Balaban J connectivity index is 2.27. The van der Waals surface area contributed by atoms with E-state index in [0.717, 1.165) is 6.04 Å². The SMILES string of the molecule is CSCC(C)NC1CCCCCCCCCCC1. The van der Waals surface area contributed by atoms with Gasteiger partial charge < -0.3 is 5.32 Å². The molecule has 0 aromatic heterocycles. The Hall–Kier alpha value is 0.310. The monoisotopic (exact) mass is 271 g/mol. The van der Waals surface area contributed by atoms with Crippen molar-refractivity contribution in [3.05, 3.63) is 0 Å². The molecule has 0 saturated heterocycles. The van der Waals surface area contributed by atoms with Crippen LogP contribution in [0, 0.1) is 0 Å². The minimum Gasteiger partial charge on any atom is -0.311 e. The minimum absolute atomic E-state index is 0.679. The number of hydrogen-bond acceptors (Lipinski definition) is 2. The molecule has 0 radical (unpaired) electrons. The van der Waals surface area contributed by atoms with Crippen molar-refractivity contribution in [3.8, 4) is 0 Å². The smallest absolute Gasteiger partial charge is 0.0132 e. The molecule has 0 aromatic rings. The number of hydrogen-bond donors (Lipinski definition) is 1. The molecule has 0 spiro atoms. The van der Waals surface area contributed by atoms with E-state index in [-0.39, 0.29) is 0 Å². The Morgan fingerprint density at radius 1 is 0.889 bits per heavy atom. The summed E-state index contributed by atoms with van der Waals surface area (Å²) >= 11 is 1.96. The van der Waals surface area contributed by atoms with Crippen LogP contribution >= 0.6 is 11.8 Å². The second-order valence-electron chi connectivity index (χ2n) is 5.98. The predicted octanol–water partition coefficient (Wildman–Crippen LogP) is 5.00. The van der Waals surface area contributed by atoms with Crippen LogP contribution in [0.25, 0.3) is 0 Å². The lowest BCUT2D eigenvalue weighted by Crippen LogP contribution is -2.38. The van der Waals surface area contributed by atoms with E-state index in [1.54, 1.807) is 0 Å². The van der Waals surface area contributed by atoms with Gasteiger partial charge in [0, 0.05) is 17.8 Å². The van der Waals surface area contributed by atoms with Crippen LogP contribution in [-0.4, -0.2) is 24.1 Å². The van der Waals surface area contributed by atoms with Gasteiger partial charge in [0.1, 0.15) is 0 Å². The predicted molar refractivity (Wildman–Crippen MR) is 85.6 cm³/mol. The standard InChI is InChI=1S/C16H33NS/c1-15(14-18-2)17-16-12-10-8-6-4-3-5-7-9-11-13-16/h15-17H,3-14H2,1-2H3. The van der Waals surface area contributed by atoms with Crippen LogP contribution in [0.4, 0.5) is 0 Å². The zero-order valence-electron chi connectivity index (χ0n) is 12.5. The molecule has 1 unspecified atom stereocenters. The van der Waals surface area contributed by atoms with Gasteiger partial charge in [-0.05, 0) is 26.0 Å². The summed E-state index contributed by atoms with van der Waals surface area (Å²) in [4.78, 5) is 0. The van der Waals surface area contributed by atoms with Gasteiger partial charge in [-0.25, -0.2) is 0 Å². The first-order valence-corrected chi connectivity index (χ1v) is 9.47. The molecular formula is C16H33NS. The van der Waals surface area contributed by atoms with Gasteiger partial charge in [-0.1, -0.05) is 57.8 Å². The van der Waals surface area contributed by atoms with Crippen molar-refractivity contribution in [2.24, 2.45) is 0 Å². The third kappa shape index (κ3) is 8.42. The Bertz CT molecular complexity index is 172. The quantitative estimate of drug-likeness (QED) is 0.772. The summed E-state index contributed by atoms with van der Waals surface area (Å²) in [5.41, 5.74) is 0. The fourth-order valence-electron chi connectivity index (χ4n) is 3.03. The van der Waals surface area contributed by atoms with E-state index in [0.29, 0.717) is 6.04 Å². The van der Waals surface area contributed by atoms with Crippen LogP contribution in [0.2, 0.25) is 0 Å². The molecule has 1 aliphatic carbocycles. The first-order valence-electron chi connectivity index (χ1n) is 8.08. The Labute approximate surface area is 119 Å². The lowest BCUT2D eigenvalue weighted by atomic mass is 9.97. The number of rotatable bonds is 4. The lowest BCUT2D eigenvalue weighted by molar-refractivity contribution is 0.382. The zero-order chi connectivity index (χ0) is 13.1. The maximum atomic E-state index is 3.85. The lowest BCUT2D eigenvalue weighted by Gasteiger charge is -2.23. The average Bonchev–Trinajstić information content (AvgIpc) is 2.33. The van der Waals surface area contributed by atoms with Crippen molar-refractivity contribution < 1.29 is 0 Å². The van der Waals surface area contributed by atoms with Crippen molar-refractivity contribution >= 4 is 11.8 Å². The van der Waals surface area contributed by atoms with Crippen molar-refractivity contribution in [3.63, 3.8) is 0 Å². The summed E-state index contributed by atoms with van der Waals surface area (Å²) < 4.78 is 0. The van der Waals surface area contributed by atoms with Gasteiger partial charge in [-0.15, -0.1) is 0 Å². The van der Waals surface area contributed by atoms with Crippen molar-refractivity contribution in [2.75, 3.05) is 12.0 Å². The third-order valence-corrected chi connectivity index (χ3v) is 4.88. The maximum Gasteiger partial charge on any atom is 0.0132 e. The van der Waals surface area contributed by atoms with Crippen LogP contribution in [0.3, 0.4) is 0 Å². The topological polar surface area (TPSA) is 12.0 Å². The van der Waals surface area contributed by atoms with Crippen LogP contribution in [0.5, 0.6) is 0 Å². The normalized spacial score (nSPS) is 23.0. The van der Waals surface area contributed by atoms with Crippen molar-refractivity contribution in [1.82, 2.24) is 5.32 Å². The van der Waals surface area contributed by atoms with E-state index in [2.05, 4.69) is 18.5 Å². The molecule has 0 amide bonds. The maximum absolute atomic E-state index is 3.85. The average molecular weight is 272 g/mol. The number of nitrogens with one attached hydrogen (secondary N) is 1. The minimum atomic E-state index is 0.679. The molecule has 1 fully saturated rings. The summed E-state index contributed by atoms with van der Waals surface area (Å²) in [7, 11) is 0. The molecule has 1 saturated carbocycles. The van der Waals surface area contributed by atoms with E-state index in [9.17, 15) is 0 Å². The summed E-state index contributed by atoms with van der Waals surface area (Å²) in [6, 6.07) is 1.46. The summed E-state index contributed by atoms with van der Waals surface area (Å²) in [6.45, 7) is 2.34. The van der Waals surface area contributed by atoms with Gasteiger partial charge in [-0.2, -0.15) is 11.8 Å². The van der Waals surface area contributed by atoms with Crippen molar-refractivity contribution in [1.29, 1.82) is 0 Å². The second kappa shape index (κ2) is 11.2. The molecule has 1 nitrogen and oxygen atoms in total. The highest BCUT2D eigenvalue weighted by Crippen LogP contribution is 2.17. The summed E-state index contributed by atoms with van der Waals surface area (Å²) in [5.74, 6) is 1.25. The Morgan fingerprint density at radius 2 is 1.33 bits per heavy atom. The highest BCUT2D eigenvalue weighted by atomic mass is 32.2. The van der Waals surface area contributed by atoms with Gasteiger partial charge in [0.15, 0.2) is 0 Å². The van der Waals surface area contributed by atoms with E-state index >= 15 is 0 Å². The first kappa shape index (κ1) is 16.4. The largest absolute Gasteiger partial charge is 0.311 e. The van der Waals surface area contributed by atoms with Gasteiger partial charge in [0.25, 0.3) is 0 Å². The zero-order valence-corrected chi connectivity index (χ0v) is 13.4. The molecule has 108 valence electrons. The third-order valence-electron chi connectivity index (χ3n) is 4.04. The molecule has 1 atom stereocenters. The first-order chi connectivity index (χ1) is 8.83. The number of thioether (sulfide) groups is 1. The fourth-order valence-corrected chi connectivity index (χ4v) is 3.63. The molecule has 0 heterocycles.